The summed E-state index contributed by atoms with van der Waals surface area (Å²) in [4.78, 5) is 13.7. The minimum Gasteiger partial charge on any atom is -0.497 e. The molecule has 0 spiro atoms. The number of likely N-dealkylation sites (N-methyl/N-ethyl adjacent to an activating group) is 1. The quantitative estimate of drug-likeness (QED) is 0.832. The van der Waals surface area contributed by atoms with Gasteiger partial charge in [0.25, 0.3) is 0 Å². The largest absolute Gasteiger partial charge is 0.497 e. The standard InChI is InChI=1S/C16H23N5O3/c1-12(15-19-17-11-21(15)3)18-16(22)20(2)9-10-24-14-7-5-13(23-4)6-8-14/h5-8,11-12H,9-10H2,1-4H3,(H,18,22). The highest BCUT2D eigenvalue weighted by atomic mass is 16.5. The molecule has 8 heteroatoms. The summed E-state index contributed by atoms with van der Waals surface area (Å²) in [5.74, 6) is 2.21. The summed E-state index contributed by atoms with van der Waals surface area (Å²) in [6, 6.07) is 6.89. The number of hydrogen-bond acceptors (Lipinski definition) is 5. The fourth-order valence-corrected chi connectivity index (χ4v) is 2.12. The molecule has 1 unspecified atom stereocenters. The lowest BCUT2D eigenvalue weighted by atomic mass is 10.3. The van der Waals surface area contributed by atoms with Crippen LogP contribution in [0.4, 0.5) is 4.79 Å². The monoisotopic (exact) mass is 333 g/mol. The van der Waals surface area contributed by atoms with Crippen molar-refractivity contribution in [2.75, 3.05) is 27.3 Å². The number of carbonyl (C=O) groups is 1. The van der Waals surface area contributed by atoms with Gasteiger partial charge < -0.3 is 24.3 Å². The van der Waals surface area contributed by atoms with E-state index in [-0.39, 0.29) is 12.1 Å². The lowest BCUT2D eigenvalue weighted by Gasteiger charge is -2.21. The Morgan fingerprint density at radius 2 is 2.00 bits per heavy atom. The van der Waals surface area contributed by atoms with Gasteiger partial charge in [0.05, 0.1) is 19.7 Å². The van der Waals surface area contributed by atoms with Crippen molar-refractivity contribution in [3.05, 3.63) is 36.4 Å². The lowest BCUT2D eigenvalue weighted by Crippen LogP contribution is -2.41. The molecule has 8 nitrogen and oxygen atoms in total. The van der Waals surface area contributed by atoms with Crippen molar-refractivity contribution in [2.45, 2.75) is 13.0 Å². The van der Waals surface area contributed by atoms with E-state index >= 15 is 0 Å². The second-order valence-corrected chi connectivity index (χ2v) is 5.42. The second kappa shape index (κ2) is 8.19. The van der Waals surface area contributed by atoms with Crippen molar-refractivity contribution >= 4 is 6.03 Å². The van der Waals surface area contributed by atoms with Crippen LogP contribution in [0.1, 0.15) is 18.8 Å². The highest BCUT2D eigenvalue weighted by Crippen LogP contribution is 2.16. The Bertz CT molecular complexity index is 656. The van der Waals surface area contributed by atoms with E-state index in [1.807, 2.05) is 38.2 Å². The van der Waals surface area contributed by atoms with Crippen LogP contribution in [0.2, 0.25) is 0 Å². The Morgan fingerprint density at radius 3 is 2.58 bits per heavy atom. The van der Waals surface area contributed by atoms with Crippen molar-refractivity contribution < 1.29 is 14.3 Å². The molecule has 2 amide bonds. The summed E-state index contributed by atoms with van der Waals surface area (Å²) < 4.78 is 12.5. The van der Waals surface area contributed by atoms with E-state index in [0.717, 1.165) is 11.5 Å². The van der Waals surface area contributed by atoms with Gasteiger partial charge in [0.15, 0.2) is 5.82 Å². The summed E-state index contributed by atoms with van der Waals surface area (Å²) in [6.45, 7) is 2.72. The molecule has 24 heavy (non-hydrogen) atoms. The van der Waals surface area contributed by atoms with Gasteiger partial charge in [0, 0.05) is 14.1 Å². The fourth-order valence-electron chi connectivity index (χ4n) is 2.12. The van der Waals surface area contributed by atoms with Crippen molar-refractivity contribution in [2.24, 2.45) is 7.05 Å². The van der Waals surface area contributed by atoms with Crippen LogP contribution in [0.15, 0.2) is 30.6 Å². The van der Waals surface area contributed by atoms with Crippen LogP contribution in [0, 0.1) is 0 Å². The second-order valence-electron chi connectivity index (χ2n) is 5.42. The minimum absolute atomic E-state index is 0.191. The molecular formula is C16H23N5O3. The predicted octanol–water partition coefficient (Wildman–Crippen LogP) is 1.61. The van der Waals surface area contributed by atoms with Gasteiger partial charge in [0.2, 0.25) is 0 Å². The molecule has 0 saturated carbocycles. The van der Waals surface area contributed by atoms with Gasteiger partial charge in [-0.2, -0.15) is 0 Å². The van der Waals surface area contributed by atoms with E-state index in [2.05, 4.69) is 15.5 Å². The Hall–Kier alpha value is -2.77. The van der Waals surface area contributed by atoms with Crippen LogP contribution in [0.5, 0.6) is 11.5 Å². The van der Waals surface area contributed by atoms with Gasteiger partial charge in [-0.3, -0.25) is 0 Å². The smallest absolute Gasteiger partial charge is 0.317 e. The Kier molecular flexibility index (Phi) is 6.00. The van der Waals surface area contributed by atoms with Gasteiger partial charge >= 0.3 is 6.03 Å². The first-order chi connectivity index (χ1) is 11.5. The molecule has 0 radical (unpaired) electrons. The van der Waals surface area contributed by atoms with Gasteiger partial charge in [-0.1, -0.05) is 0 Å². The molecule has 0 aliphatic heterocycles. The van der Waals surface area contributed by atoms with Crippen LogP contribution in [-0.2, 0) is 7.05 Å². The third-order valence-electron chi connectivity index (χ3n) is 3.58. The number of benzene rings is 1. The Balaban J connectivity index is 1.76. The zero-order valence-corrected chi connectivity index (χ0v) is 14.4. The maximum absolute atomic E-state index is 12.2. The lowest BCUT2D eigenvalue weighted by molar-refractivity contribution is 0.192. The number of methoxy groups -OCH3 is 1. The molecule has 1 atom stereocenters. The summed E-state index contributed by atoms with van der Waals surface area (Å²) in [6.07, 6.45) is 1.60. The molecule has 0 aliphatic carbocycles. The average molecular weight is 333 g/mol. The van der Waals surface area contributed by atoms with E-state index in [4.69, 9.17) is 9.47 Å². The first-order valence-corrected chi connectivity index (χ1v) is 7.63. The van der Waals surface area contributed by atoms with E-state index in [9.17, 15) is 4.79 Å². The maximum Gasteiger partial charge on any atom is 0.317 e. The summed E-state index contributed by atoms with van der Waals surface area (Å²) in [5.41, 5.74) is 0. The van der Waals surface area contributed by atoms with E-state index < -0.39 is 0 Å². The molecule has 1 aromatic heterocycles. The number of carbonyl (C=O) groups excluding carboxylic acids is 1. The number of aryl methyl sites for hydroxylation is 1. The number of rotatable bonds is 7. The number of ether oxygens (including phenoxy) is 2. The normalized spacial score (nSPS) is 11.7. The molecular weight excluding hydrogens is 310 g/mol. The van der Waals surface area contributed by atoms with E-state index in [0.29, 0.717) is 19.0 Å². The van der Waals surface area contributed by atoms with Crippen molar-refractivity contribution in [1.29, 1.82) is 0 Å². The van der Waals surface area contributed by atoms with Crippen LogP contribution >= 0.6 is 0 Å². The van der Waals surface area contributed by atoms with Crippen LogP contribution in [-0.4, -0.2) is 53.0 Å². The molecule has 0 aliphatic rings. The summed E-state index contributed by atoms with van der Waals surface area (Å²) in [5, 5.41) is 10.7. The van der Waals surface area contributed by atoms with Crippen molar-refractivity contribution in [3.8, 4) is 11.5 Å². The third kappa shape index (κ3) is 4.61. The SMILES string of the molecule is COc1ccc(OCCN(C)C(=O)NC(C)c2nncn2C)cc1. The number of hydrogen-bond donors (Lipinski definition) is 1. The molecule has 1 heterocycles. The molecule has 130 valence electrons. The molecule has 2 aromatic rings. The van der Waals surface area contributed by atoms with Gasteiger partial charge in [-0.05, 0) is 31.2 Å². The molecule has 0 fully saturated rings. The number of amides is 2. The highest BCUT2D eigenvalue weighted by Gasteiger charge is 2.16. The van der Waals surface area contributed by atoms with Crippen molar-refractivity contribution in [3.63, 3.8) is 0 Å². The molecule has 1 aromatic carbocycles. The zero-order valence-electron chi connectivity index (χ0n) is 14.4. The van der Waals surface area contributed by atoms with Gasteiger partial charge in [0.1, 0.15) is 24.4 Å². The minimum atomic E-state index is -0.227. The Morgan fingerprint density at radius 1 is 1.33 bits per heavy atom. The number of aromatic nitrogens is 3. The summed E-state index contributed by atoms with van der Waals surface area (Å²) in [7, 11) is 5.17. The van der Waals surface area contributed by atoms with Gasteiger partial charge in [-0.15, -0.1) is 10.2 Å². The predicted molar refractivity (Wildman–Crippen MR) is 89.1 cm³/mol. The van der Waals surface area contributed by atoms with E-state index in [1.165, 1.54) is 0 Å². The fraction of sp³-hybridized carbons (Fsp3) is 0.438. The van der Waals surface area contributed by atoms with Gasteiger partial charge in [-0.25, -0.2) is 4.79 Å². The van der Waals surface area contributed by atoms with Crippen LogP contribution in [0.25, 0.3) is 0 Å². The van der Waals surface area contributed by atoms with Crippen LogP contribution < -0.4 is 14.8 Å². The summed E-state index contributed by atoms with van der Waals surface area (Å²) >= 11 is 0. The third-order valence-corrected chi connectivity index (χ3v) is 3.58. The van der Waals surface area contributed by atoms with Crippen LogP contribution in [0.3, 0.4) is 0 Å². The molecule has 0 bridgehead atoms. The zero-order chi connectivity index (χ0) is 17.5. The first kappa shape index (κ1) is 17.6. The first-order valence-electron chi connectivity index (χ1n) is 7.63. The maximum atomic E-state index is 12.2. The topological polar surface area (TPSA) is 81.5 Å². The van der Waals surface area contributed by atoms with Crippen molar-refractivity contribution in [1.82, 2.24) is 25.0 Å². The number of nitrogens with zero attached hydrogens (tertiary/aromatic N) is 4. The molecule has 1 N–H and O–H groups in total. The highest BCUT2D eigenvalue weighted by molar-refractivity contribution is 5.74. The molecule has 0 saturated heterocycles. The van der Waals surface area contributed by atoms with E-state index in [1.54, 1.807) is 30.0 Å². The number of nitrogens with one attached hydrogen (secondary N) is 1. The average Bonchev–Trinajstić information content (AvgIpc) is 3.01. The Labute approximate surface area is 141 Å². The number of urea groups is 1. The molecule has 2 rings (SSSR count).